The number of hydrogen-bond acceptors (Lipinski definition) is 5. The summed E-state index contributed by atoms with van der Waals surface area (Å²) >= 11 is 0. The molecule has 0 aliphatic rings. The number of hydrogen-bond donors (Lipinski definition) is 2. The van der Waals surface area contributed by atoms with Crippen molar-refractivity contribution >= 4 is 22.6 Å². The summed E-state index contributed by atoms with van der Waals surface area (Å²) in [5.41, 5.74) is -0.694. The molecule has 13 heteroatoms. The maximum atomic E-state index is 14.4. The fraction of sp³-hybridized carbons (Fsp3) is 0.167. The Kier molecular flexibility index (Phi) is 6.55. The van der Waals surface area contributed by atoms with Gasteiger partial charge in [-0.2, -0.15) is 0 Å². The van der Waals surface area contributed by atoms with Gasteiger partial charge in [0, 0.05) is 24.4 Å². The lowest BCUT2D eigenvalue weighted by atomic mass is 10.0. The molecule has 4 rings (SSSR count). The van der Waals surface area contributed by atoms with Crippen molar-refractivity contribution in [1.29, 1.82) is 0 Å². The molecule has 3 aromatic carbocycles. The summed E-state index contributed by atoms with van der Waals surface area (Å²) in [5, 5.41) is 12.3. The van der Waals surface area contributed by atoms with Gasteiger partial charge in [0.1, 0.15) is 18.1 Å². The highest BCUT2D eigenvalue weighted by molar-refractivity contribution is 5.96. The highest BCUT2D eigenvalue weighted by Crippen LogP contribution is 2.39. The van der Waals surface area contributed by atoms with Crippen LogP contribution in [0.4, 0.5) is 27.6 Å². The zero-order valence-corrected chi connectivity index (χ0v) is 19.2. The Bertz CT molecular complexity index is 1560. The molecular weight excluding hydrogens is 505 g/mol. The molecule has 0 saturated heterocycles. The van der Waals surface area contributed by atoms with Crippen molar-refractivity contribution in [3.63, 3.8) is 0 Å². The number of amides is 1. The van der Waals surface area contributed by atoms with E-state index in [4.69, 9.17) is 4.74 Å². The number of aryl methyl sites for hydroxylation is 1. The second-order valence-electron chi connectivity index (χ2n) is 7.88. The molecule has 0 unspecified atom stereocenters. The third-order valence-corrected chi connectivity index (χ3v) is 5.43. The smallest absolute Gasteiger partial charge is 0.502 e. The number of aromatic hydroxyl groups is 1. The van der Waals surface area contributed by atoms with E-state index in [1.54, 1.807) is 0 Å². The molecule has 194 valence electrons. The molecule has 8 nitrogen and oxygen atoms in total. The molecule has 1 amide bonds. The van der Waals surface area contributed by atoms with Crippen molar-refractivity contribution in [2.45, 2.75) is 12.9 Å². The lowest BCUT2D eigenvalue weighted by molar-refractivity contribution is -0.274. The summed E-state index contributed by atoms with van der Waals surface area (Å²) in [7, 11) is 2.48. The van der Waals surface area contributed by atoms with Gasteiger partial charge in [-0.1, -0.05) is 0 Å². The van der Waals surface area contributed by atoms with Crippen LogP contribution in [0.5, 0.6) is 17.2 Å². The normalized spacial score (nSPS) is 11.5. The van der Waals surface area contributed by atoms with Crippen molar-refractivity contribution in [2.24, 2.45) is 7.05 Å². The van der Waals surface area contributed by atoms with Gasteiger partial charge in [-0.05, 0) is 48.0 Å². The first kappa shape index (κ1) is 25.5. The van der Waals surface area contributed by atoms with Gasteiger partial charge in [-0.25, -0.2) is 13.6 Å². The van der Waals surface area contributed by atoms with E-state index in [1.165, 1.54) is 25.2 Å². The molecule has 0 fully saturated rings. The number of carbonyl (C=O) groups excluding carboxylic acids is 1. The molecule has 0 bridgehead atoms. The predicted octanol–water partition coefficient (Wildman–Crippen LogP) is 4.54. The average Bonchev–Trinajstić information content (AvgIpc) is 3.05. The van der Waals surface area contributed by atoms with Crippen molar-refractivity contribution in [1.82, 2.24) is 9.13 Å². The number of imidazole rings is 1. The molecular formula is C24H18F5N3O5. The third-order valence-electron chi connectivity index (χ3n) is 5.43. The van der Waals surface area contributed by atoms with Crippen molar-refractivity contribution in [3.8, 4) is 28.4 Å². The van der Waals surface area contributed by atoms with E-state index in [0.29, 0.717) is 0 Å². The first-order chi connectivity index (χ1) is 17.4. The fourth-order valence-corrected chi connectivity index (χ4v) is 3.86. The van der Waals surface area contributed by atoms with Crippen molar-refractivity contribution in [2.75, 3.05) is 12.4 Å². The first-order valence-corrected chi connectivity index (χ1v) is 10.5. The number of aromatic nitrogens is 2. The van der Waals surface area contributed by atoms with E-state index in [2.05, 4.69) is 10.1 Å². The van der Waals surface area contributed by atoms with Crippen LogP contribution < -0.4 is 20.5 Å². The largest absolute Gasteiger partial charge is 0.573 e. The zero-order valence-electron chi connectivity index (χ0n) is 19.2. The predicted molar refractivity (Wildman–Crippen MR) is 123 cm³/mol. The first-order valence-electron chi connectivity index (χ1n) is 10.5. The molecule has 0 aliphatic heterocycles. The number of carbonyl (C=O) groups is 1. The van der Waals surface area contributed by atoms with E-state index in [0.717, 1.165) is 46.6 Å². The number of phenols is 1. The minimum absolute atomic E-state index is 0.0340. The molecule has 0 saturated carbocycles. The summed E-state index contributed by atoms with van der Waals surface area (Å²) in [5.74, 6) is -4.21. The number of rotatable bonds is 6. The van der Waals surface area contributed by atoms with Crippen LogP contribution >= 0.6 is 0 Å². The van der Waals surface area contributed by atoms with Gasteiger partial charge in [0.2, 0.25) is 5.91 Å². The quantitative estimate of drug-likeness (QED) is 0.362. The van der Waals surface area contributed by atoms with Gasteiger partial charge >= 0.3 is 12.1 Å². The van der Waals surface area contributed by atoms with Crippen LogP contribution in [0.1, 0.15) is 0 Å². The lowest BCUT2D eigenvalue weighted by Crippen LogP contribution is -2.28. The summed E-state index contributed by atoms with van der Waals surface area (Å²) in [4.78, 5) is 25.7. The molecule has 0 aliphatic carbocycles. The molecule has 0 radical (unpaired) electrons. The second-order valence-corrected chi connectivity index (χ2v) is 7.88. The Morgan fingerprint density at radius 3 is 2.38 bits per heavy atom. The van der Waals surface area contributed by atoms with Crippen LogP contribution in [-0.2, 0) is 18.4 Å². The molecule has 2 N–H and O–H groups in total. The number of anilines is 1. The molecule has 0 atom stereocenters. The van der Waals surface area contributed by atoms with E-state index >= 15 is 0 Å². The Balaban J connectivity index is 1.88. The van der Waals surface area contributed by atoms with Crippen LogP contribution in [0, 0.1) is 11.6 Å². The third kappa shape index (κ3) is 5.20. The Labute approximate surface area is 205 Å². The highest BCUT2D eigenvalue weighted by atomic mass is 19.4. The number of ether oxygens (including phenoxy) is 2. The van der Waals surface area contributed by atoms with Crippen LogP contribution in [0.15, 0.2) is 53.3 Å². The van der Waals surface area contributed by atoms with Gasteiger partial charge in [0.15, 0.2) is 17.3 Å². The Morgan fingerprint density at radius 2 is 1.76 bits per heavy atom. The Hall–Kier alpha value is -4.55. The number of benzene rings is 3. The summed E-state index contributed by atoms with van der Waals surface area (Å²) in [6.07, 6.45) is -5.09. The zero-order chi connectivity index (χ0) is 27.1. The lowest BCUT2D eigenvalue weighted by Gasteiger charge is -2.14. The Morgan fingerprint density at radius 1 is 1.08 bits per heavy atom. The summed E-state index contributed by atoms with van der Waals surface area (Å²) < 4.78 is 77.7. The molecule has 1 aromatic heterocycles. The summed E-state index contributed by atoms with van der Waals surface area (Å²) in [6, 6.07) is 8.70. The van der Waals surface area contributed by atoms with Crippen LogP contribution in [-0.4, -0.2) is 33.6 Å². The minimum Gasteiger partial charge on any atom is -0.502 e. The highest BCUT2D eigenvalue weighted by Gasteiger charge is 2.32. The number of fused-ring (bicyclic) bond motifs is 1. The van der Waals surface area contributed by atoms with Crippen molar-refractivity contribution in [3.05, 3.63) is 70.6 Å². The monoisotopic (exact) mass is 523 g/mol. The van der Waals surface area contributed by atoms with E-state index < -0.39 is 47.6 Å². The number of methoxy groups -OCH3 is 1. The van der Waals surface area contributed by atoms with Crippen molar-refractivity contribution < 1.29 is 41.3 Å². The number of nitrogens with one attached hydrogen (secondary N) is 1. The second kappa shape index (κ2) is 9.48. The van der Waals surface area contributed by atoms with E-state index in [-0.39, 0.29) is 33.6 Å². The molecule has 0 spiro atoms. The van der Waals surface area contributed by atoms with E-state index in [1.807, 2.05) is 0 Å². The number of nitrogens with zero attached hydrogens (tertiary/aromatic N) is 2. The number of alkyl halides is 3. The topological polar surface area (TPSA) is 94.7 Å². The SMILES string of the molecule is COc1cc(-c2cc(OC(F)(F)F)cc3c2n(C)c(=O)n3CC(=O)Nc2ccc(F)cc2)cc(F)c1O. The van der Waals surface area contributed by atoms with Gasteiger partial charge in [0.05, 0.1) is 18.1 Å². The molecule has 37 heavy (non-hydrogen) atoms. The minimum atomic E-state index is -5.09. The van der Waals surface area contributed by atoms with Crippen LogP contribution in [0.25, 0.3) is 22.2 Å². The molecule has 1 heterocycles. The van der Waals surface area contributed by atoms with Crippen LogP contribution in [0.3, 0.4) is 0 Å². The average molecular weight is 523 g/mol. The number of halogens is 5. The summed E-state index contributed by atoms with van der Waals surface area (Å²) in [6.45, 7) is -0.615. The molecule has 4 aromatic rings. The van der Waals surface area contributed by atoms with E-state index in [9.17, 15) is 36.6 Å². The maximum absolute atomic E-state index is 14.4. The van der Waals surface area contributed by atoms with Gasteiger partial charge in [-0.3, -0.25) is 13.9 Å². The standard InChI is InChI=1S/C24H18F5N3O5/c1-31-21-16(12-7-17(26)22(34)19(8-12)36-2)9-15(37-24(27,28)29)10-18(21)32(23(31)35)11-20(33)30-14-5-3-13(25)4-6-14/h3-10,34H,11H2,1-2H3,(H,30,33). The van der Waals surface area contributed by atoms with Crippen LogP contribution in [0.2, 0.25) is 0 Å². The van der Waals surface area contributed by atoms with Gasteiger partial charge in [-0.15, -0.1) is 13.2 Å². The van der Waals surface area contributed by atoms with Gasteiger partial charge < -0.3 is 19.9 Å². The number of phenolic OH excluding ortho intramolecular Hbond substituents is 1. The van der Waals surface area contributed by atoms with Gasteiger partial charge in [0.25, 0.3) is 0 Å². The maximum Gasteiger partial charge on any atom is 0.573 e. The fourth-order valence-electron chi connectivity index (χ4n) is 3.86.